The lowest BCUT2D eigenvalue weighted by atomic mass is 9.91. The molecule has 7 aromatic rings. The highest BCUT2D eigenvalue weighted by Crippen LogP contribution is 2.35. The Morgan fingerprint density at radius 1 is 0.745 bits per heavy atom. The molecule has 1 aliphatic rings. The molecule has 0 saturated heterocycles. The van der Waals surface area contributed by atoms with Crippen molar-refractivity contribution in [1.29, 1.82) is 0 Å². The third-order valence-corrected chi connectivity index (χ3v) is 9.02. The molecule has 2 amide bonds. The van der Waals surface area contributed by atoms with E-state index in [0.717, 1.165) is 69.7 Å². The number of aromatic nitrogens is 5. The third-order valence-electron chi connectivity index (χ3n) is 9.02. The van der Waals surface area contributed by atoms with Crippen LogP contribution in [0.15, 0.2) is 104 Å². The Kier molecular flexibility index (Phi) is 7.17. The number of carbonyl (C=O) groups is 2. The summed E-state index contributed by atoms with van der Waals surface area (Å²) in [6.07, 6.45) is 7.99. The van der Waals surface area contributed by atoms with E-state index < -0.39 is 0 Å². The number of halogens is 1. The van der Waals surface area contributed by atoms with Crippen LogP contribution >= 0.6 is 0 Å². The lowest BCUT2D eigenvalue weighted by Gasteiger charge is -2.29. The molecular formula is C37H30FN7O2. The zero-order valence-corrected chi connectivity index (χ0v) is 25.3. The molecule has 47 heavy (non-hydrogen) atoms. The zero-order chi connectivity index (χ0) is 31.9. The Balaban J connectivity index is 0.989. The van der Waals surface area contributed by atoms with E-state index in [1.165, 1.54) is 12.1 Å². The van der Waals surface area contributed by atoms with Gasteiger partial charge in [-0.2, -0.15) is 5.10 Å². The van der Waals surface area contributed by atoms with Crippen LogP contribution in [0, 0.1) is 5.82 Å². The standard InChI is InChI=1S/C37H30FN7O2/c38-24-10-8-23(9-11-24)33-32(22-16-19-39-20-17-22)30-6-3-7-31(45(30)44-33)36(46)41-25-12-14-26(15-13-25)42-37(47)35-34-28(18-21-40-35)27-4-1-2-5-29(27)43-34/h1-11,16-21,25-26,43H,12-15H2,(H,41,46)(H,42,47). The first-order chi connectivity index (χ1) is 23.0. The van der Waals surface area contributed by atoms with Crippen molar-refractivity contribution in [3.63, 3.8) is 0 Å². The molecule has 9 nitrogen and oxygen atoms in total. The summed E-state index contributed by atoms with van der Waals surface area (Å²) in [4.78, 5) is 38.9. The van der Waals surface area contributed by atoms with Crippen molar-refractivity contribution in [3.8, 4) is 22.4 Å². The van der Waals surface area contributed by atoms with Crippen LogP contribution in [0.25, 0.3) is 49.7 Å². The fourth-order valence-corrected chi connectivity index (χ4v) is 6.70. The second-order valence-corrected chi connectivity index (χ2v) is 11.9. The first-order valence-electron chi connectivity index (χ1n) is 15.7. The Labute approximate surface area is 268 Å². The van der Waals surface area contributed by atoms with Crippen molar-refractivity contribution in [2.75, 3.05) is 0 Å². The van der Waals surface area contributed by atoms with Gasteiger partial charge in [0.05, 0.1) is 11.0 Å². The minimum atomic E-state index is -0.333. The largest absolute Gasteiger partial charge is 0.353 e. The third kappa shape index (κ3) is 5.27. The number of hydrogen-bond acceptors (Lipinski definition) is 5. The fraction of sp³-hybridized carbons (Fsp3) is 0.162. The summed E-state index contributed by atoms with van der Waals surface area (Å²) < 4.78 is 15.4. The smallest absolute Gasteiger partial charge is 0.272 e. The second kappa shape index (κ2) is 11.8. The van der Waals surface area contributed by atoms with Crippen molar-refractivity contribution in [3.05, 3.63) is 121 Å². The van der Waals surface area contributed by atoms with Gasteiger partial charge in [0.25, 0.3) is 11.8 Å². The number of carbonyl (C=O) groups excluding carboxylic acids is 2. The monoisotopic (exact) mass is 623 g/mol. The molecule has 10 heteroatoms. The minimum Gasteiger partial charge on any atom is -0.353 e. The fourth-order valence-electron chi connectivity index (χ4n) is 6.70. The van der Waals surface area contributed by atoms with Gasteiger partial charge in [-0.3, -0.25) is 14.6 Å². The topological polar surface area (TPSA) is 117 Å². The quantitative estimate of drug-likeness (QED) is 0.191. The van der Waals surface area contributed by atoms with E-state index in [4.69, 9.17) is 5.10 Å². The molecule has 5 heterocycles. The van der Waals surface area contributed by atoms with Crippen LogP contribution in [0.5, 0.6) is 0 Å². The highest BCUT2D eigenvalue weighted by molar-refractivity contribution is 6.13. The molecule has 1 aliphatic carbocycles. The minimum absolute atomic E-state index is 0.0205. The Hall–Kier alpha value is -5.90. The van der Waals surface area contributed by atoms with Gasteiger partial charge >= 0.3 is 0 Å². The number of nitrogens with one attached hydrogen (secondary N) is 3. The molecule has 0 radical (unpaired) electrons. The molecular weight excluding hydrogens is 593 g/mol. The molecule has 0 aliphatic heterocycles. The summed E-state index contributed by atoms with van der Waals surface area (Å²) in [5, 5.41) is 13.3. The number of para-hydroxylation sites is 1. The number of fused-ring (bicyclic) bond motifs is 4. The van der Waals surface area contributed by atoms with E-state index in [0.29, 0.717) is 17.1 Å². The number of nitrogens with zero attached hydrogens (tertiary/aromatic N) is 4. The molecule has 2 aromatic carbocycles. The van der Waals surface area contributed by atoms with Crippen LogP contribution in [0.1, 0.15) is 46.7 Å². The van der Waals surface area contributed by atoms with Gasteiger partial charge in [0.15, 0.2) is 5.69 Å². The molecule has 1 saturated carbocycles. The summed E-state index contributed by atoms with van der Waals surface area (Å²) in [6.45, 7) is 0. The van der Waals surface area contributed by atoms with Gasteiger partial charge in [-0.25, -0.2) is 13.9 Å². The van der Waals surface area contributed by atoms with E-state index in [-0.39, 0.29) is 29.7 Å². The lowest BCUT2D eigenvalue weighted by Crippen LogP contribution is -2.44. The summed E-state index contributed by atoms with van der Waals surface area (Å²) in [6, 6.07) is 25.3. The summed E-state index contributed by atoms with van der Waals surface area (Å²) in [7, 11) is 0. The predicted molar refractivity (Wildman–Crippen MR) is 178 cm³/mol. The van der Waals surface area contributed by atoms with E-state index >= 15 is 0 Å². The average molecular weight is 624 g/mol. The second-order valence-electron chi connectivity index (χ2n) is 11.9. The number of pyridine rings is 3. The van der Waals surface area contributed by atoms with E-state index in [9.17, 15) is 14.0 Å². The molecule has 232 valence electrons. The summed E-state index contributed by atoms with van der Waals surface area (Å²) >= 11 is 0. The van der Waals surface area contributed by atoms with Crippen molar-refractivity contribution in [2.45, 2.75) is 37.8 Å². The Morgan fingerprint density at radius 3 is 2.23 bits per heavy atom. The number of benzene rings is 2. The average Bonchev–Trinajstić information content (AvgIpc) is 3.69. The summed E-state index contributed by atoms with van der Waals surface area (Å²) in [5.41, 5.74) is 6.35. The van der Waals surface area contributed by atoms with Crippen LogP contribution in [-0.4, -0.2) is 48.5 Å². The van der Waals surface area contributed by atoms with Gasteiger partial charge in [-0.05, 0) is 91.9 Å². The predicted octanol–water partition coefficient (Wildman–Crippen LogP) is 6.70. The number of H-pyrrole nitrogens is 1. The van der Waals surface area contributed by atoms with Gasteiger partial charge < -0.3 is 15.6 Å². The maximum atomic E-state index is 13.8. The van der Waals surface area contributed by atoms with Crippen molar-refractivity contribution in [2.24, 2.45) is 0 Å². The molecule has 3 N–H and O–H groups in total. The number of rotatable bonds is 6. The van der Waals surface area contributed by atoms with Gasteiger partial charge in [0.2, 0.25) is 0 Å². The maximum Gasteiger partial charge on any atom is 0.272 e. The van der Waals surface area contributed by atoms with Crippen LogP contribution in [0.4, 0.5) is 4.39 Å². The van der Waals surface area contributed by atoms with Gasteiger partial charge in [-0.1, -0.05) is 24.3 Å². The maximum absolute atomic E-state index is 13.8. The van der Waals surface area contributed by atoms with Crippen LogP contribution < -0.4 is 10.6 Å². The van der Waals surface area contributed by atoms with Crippen LogP contribution in [0.3, 0.4) is 0 Å². The molecule has 0 unspecified atom stereocenters. The molecule has 1 fully saturated rings. The number of hydrogen-bond donors (Lipinski definition) is 3. The number of amides is 2. The van der Waals surface area contributed by atoms with Crippen molar-refractivity contribution in [1.82, 2.24) is 35.2 Å². The van der Waals surface area contributed by atoms with Gasteiger partial charge in [-0.15, -0.1) is 0 Å². The van der Waals surface area contributed by atoms with E-state index in [2.05, 4.69) is 25.6 Å². The van der Waals surface area contributed by atoms with Crippen molar-refractivity contribution >= 4 is 39.1 Å². The Morgan fingerprint density at radius 2 is 1.47 bits per heavy atom. The highest BCUT2D eigenvalue weighted by atomic mass is 19.1. The highest BCUT2D eigenvalue weighted by Gasteiger charge is 2.27. The molecule has 0 spiro atoms. The van der Waals surface area contributed by atoms with Crippen LogP contribution in [-0.2, 0) is 0 Å². The van der Waals surface area contributed by atoms with Crippen molar-refractivity contribution < 1.29 is 14.0 Å². The summed E-state index contributed by atoms with van der Waals surface area (Å²) in [5.74, 6) is -0.769. The van der Waals surface area contributed by atoms with E-state index in [1.54, 1.807) is 41.3 Å². The molecule has 5 aromatic heterocycles. The zero-order valence-electron chi connectivity index (χ0n) is 25.3. The van der Waals surface area contributed by atoms with Gasteiger partial charge in [0.1, 0.15) is 17.2 Å². The SMILES string of the molecule is O=C(NC1CCC(NC(=O)c2cccc3c(-c4ccncc4)c(-c4ccc(F)cc4)nn23)CC1)c1nccc2c1[nH]c1ccccc12. The number of aromatic amines is 1. The first kappa shape index (κ1) is 28.6. The normalized spacial score (nSPS) is 16.4. The Bertz CT molecular complexity index is 2270. The first-order valence-corrected chi connectivity index (χ1v) is 15.7. The van der Waals surface area contributed by atoms with E-state index in [1.807, 2.05) is 54.6 Å². The van der Waals surface area contributed by atoms with Crippen LogP contribution in [0.2, 0.25) is 0 Å². The molecule has 0 bridgehead atoms. The van der Waals surface area contributed by atoms with Gasteiger partial charge in [0, 0.05) is 58.1 Å². The lowest BCUT2D eigenvalue weighted by molar-refractivity contribution is 0.0886. The molecule has 8 rings (SSSR count). The molecule has 0 atom stereocenters.